The zero-order valence-electron chi connectivity index (χ0n) is 9.88. The summed E-state index contributed by atoms with van der Waals surface area (Å²) < 4.78 is 19.2. The molecule has 17 heavy (non-hydrogen) atoms. The number of benzene rings is 1. The van der Waals surface area contributed by atoms with Crippen LogP contribution in [0.25, 0.3) is 0 Å². The Morgan fingerprint density at radius 1 is 1.53 bits per heavy atom. The summed E-state index contributed by atoms with van der Waals surface area (Å²) in [5.74, 6) is -1.34. The van der Waals surface area contributed by atoms with Gasteiger partial charge in [0.15, 0.2) is 11.6 Å². The van der Waals surface area contributed by atoms with Crippen LogP contribution >= 0.6 is 15.9 Å². The molecule has 1 N–H and O–H groups in total. The predicted octanol–water partition coefficient (Wildman–Crippen LogP) is 3.35. The van der Waals surface area contributed by atoms with E-state index in [-0.39, 0.29) is 12.2 Å². The second-order valence-electron chi connectivity index (χ2n) is 4.42. The van der Waals surface area contributed by atoms with Gasteiger partial charge in [-0.2, -0.15) is 0 Å². The van der Waals surface area contributed by atoms with Crippen molar-refractivity contribution < 1.29 is 19.0 Å². The van der Waals surface area contributed by atoms with Gasteiger partial charge in [-0.25, -0.2) is 4.39 Å². The molecule has 0 saturated heterocycles. The lowest BCUT2D eigenvalue weighted by molar-refractivity contribution is -0.138. The second-order valence-corrected chi connectivity index (χ2v) is 5.34. The van der Waals surface area contributed by atoms with Gasteiger partial charge in [0.2, 0.25) is 0 Å². The Morgan fingerprint density at radius 3 is 2.59 bits per heavy atom. The van der Waals surface area contributed by atoms with E-state index in [2.05, 4.69) is 15.9 Å². The molecule has 0 fully saturated rings. The van der Waals surface area contributed by atoms with Crippen LogP contribution in [0.4, 0.5) is 4.39 Å². The van der Waals surface area contributed by atoms with Crippen LogP contribution in [-0.2, 0) is 10.2 Å². The Balaban J connectivity index is 3.33. The van der Waals surface area contributed by atoms with E-state index in [0.29, 0.717) is 10.0 Å². The van der Waals surface area contributed by atoms with Crippen molar-refractivity contribution in [3.8, 4) is 5.75 Å². The van der Waals surface area contributed by atoms with E-state index in [1.54, 1.807) is 19.9 Å². The van der Waals surface area contributed by atoms with Crippen molar-refractivity contribution in [2.24, 2.45) is 0 Å². The van der Waals surface area contributed by atoms with Crippen molar-refractivity contribution in [3.05, 3.63) is 28.0 Å². The third kappa shape index (κ3) is 3.19. The average molecular weight is 305 g/mol. The van der Waals surface area contributed by atoms with Gasteiger partial charge >= 0.3 is 5.97 Å². The summed E-state index contributed by atoms with van der Waals surface area (Å²) in [5.41, 5.74) is -0.170. The van der Waals surface area contributed by atoms with Gasteiger partial charge in [-0.3, -0.25) is 4.79 Å². The molecule has 0 aliphatic carbocycles. The number of hydrogen-bond donors (Lipinski definition) is 1. The van der Waals surface area contributed by atoms with Crippen LogP contribution in [0.15, 0.2) is 16.6 Å². The van der Waals surface area contributed by atoms with Crippen LogP contribution in [-0.4, -0.2) is 18.2 Å². The van der Waals surface area contributed by atoms with E-state index in [1.165, 1.54) is 13.2 Å². The number of aliphatic carboxylic acids is 1. The lowest BCUT2D eigenvalue weighted by atomic mass is 9.81. The lowest BCUT2D eigenvalue weighted by Crippen LogP contribution is -2.23. The van der Waals surface area contributed by atoms with Crippen LogP contribution < -0.4 is 4.74 Å². The summed E-state index contributed by atoms with van der Waals surface area (Å²) in [6.07, 6.45) is -0.0980. The largest absolute Gasteiger partial charge is 0.493 e. The van der Waals surface area contributed by atoms with E-state index >= 15 is 0 Å². The number of carboxylic acid groups (broad SMARTS) is 1. The van der Waals surface area contributed by atoms with Crippen LogP contribution in [0, 0.1) is 5.82 Å². The highest BCUT2D eigenvalue weighted by Crippen LogP contribution is 2.38. The molecule has 0 spiro atoms. The van der Waals surface area contributed by atoms with Crippen molar-refractivity contribution >= 4 is 21.9 Å². The molecule has 0 heterocycles. The SMILES string of the molecule is COc1c(F)cc(Br)cc1C(C)(C)CC(=O)O. The van der Waals surface area contributed by atoms with Gasteiger partial charge in [0.05, 0.1) is 13.5 Å². The Morgan fingerprint density at radius 2 is 2.12 bits per heavy atom. The third-order valence-electron chi connectivity index (χ3n) is 2.53. The number of carboxylic acids is 1. The molecule has 0 amide bonds. The molecule has 0 bridgehead atoms. The highest BCUT2D eigenvalue weighted by atomic mass is 79.9. The van der Waals surface area contributed by atoms with Gasteiger partial charge in [-0.05, 0) is 12.1 Å². The van der Waals surface area contributed by atoms with E-state index in [4.69, 9.17) is 9.84 Å². The van der Waals surface area contributed by atoms with Crippen LogP contribution in [0.1, 0.15) is 25.8 Å². The average Bonchev–Trinajstić information content (AvgIpc) is 2.14. The molecule has 0 saturated carbocycles. The normalized spacial score (nSPS) is 11.4. The summed E-state index contributed by atoms with van der Waals surface area (Å²) in [6.45, 7) is 3.48. The maximum atomic E-state index is 13.7. The monoisotopic (exact) mass is 304 g/mol. The molecule has 1 aromatic rings. The minimum atomic E-state index is -0.933. The molecule has 3 nitrogen and oxygen atoms in total. The molecule has 5 heteroatoms. The van der Waals surface area contributed by atoms with Gasteiger partial charge < -0.3 is 9.84 Å². The topological polar surface area (TPSA) is 46.5 Å². The lowest BCUT2D eigenvalue weighted by Gasteiger charge is -2.25. The number of carbonyl (C=O) groups is 1. The first-order chi connectivity index (χ1) is 7.77. The zero-order chi connectivity index (χ0) is 13.2. The highest BCUT2D eigenvalue weighted by molar-refractivity contribution is 9.10. The van der Waals surface area contributed by atoms with Crippen molar-refractivity contribution in [3.63, 3.8) is 0 Å². The summed E-state index contributed by atoms with van der Waals surface area (Å²) in [6, 6.07) is 2.98. The molecular formula is C12H14BrFO3. The fraction of sp³-hybridized carbons (Fsp3) is 0.417. The van der Waals surface area contributed by atoms with E-state index in [9.17, 15) is 9.18 Å². The van der Waals surface area contributed by atoms with E-state index in [0.717, 1.165) is 0 Å². The van der Waals surface area contributed by atoms with Crippen LogP contribution in [0.5, 0.6) is 5.75 Å². The maximum absolute atomic E-state index is 13.7. The molecule has 0 radical (unpaired) electrons. The van der Waals surface area contributed by atoms with Crippen LogP contribution in [0.3, 0.4) is 0 Å². The highest BCUT2D eigenvalue weighted by Gasteiger charge is 2.29. The van der Waals surface area contributed by atoms with E-state index < -0.39 is 17.2 Å². The summed E-state index contributed by atoms with van der Waals surface area (Å²) in [5, 5.41) is 8.87. The Hall–Kier alpha value is -1.10. The molecule has 94 valence electrons. The predicted molar refractivity (Wildman–Crippen MR) is 65.9 cm³/mol. The molecule has 1 rings (SSSR count). The summed E-state index contributed by atoms with van der Waals surface area (Å²) in [4.78, 5) is 10.8. The van der Waals surface area contributed by atoms with Crippen molar-refractivity contribution in [1.82, 2.24) is 0 Å². The van der Waals surface area contributed by atoms with Gasteiger partial charge in [0, 0.05) is 15.5 Å². The molecule has 0 aliphatic heterocycles. The van der Waals surface area contributed by atoms with Crippen molar-refractivity contribution in [2.75, 3.05) is 7.11 Å². The van der Waals surface area contributed by atoms with E-state index in [1.807, 2.05) is 0 Å². The number of halogens is 2. The fourth-order valence-electron chi connectivity index (χ4n) is 1.74. The summed E-state index contributed by atoms with van der Waals surface area (Å²) >= 11 is 3.19. The van der Waals surface area contributed by atoms with Crippen molar-refractivity contribution in [2.45, 2.75) is 25.7 Å². The first-order valence-corrected chi connectivity index (χ1v) is 5.82. The Labute approximate surface area is 108 Å². The first kappa shape index (κ1) is 14.0. The third-order valence-corrected chi connectivity index (χ3v) is 2.99. The zero-order valence-corrected chi connectivity index (χ0v) is 11.5. The molecular weight excluding hydrogens is 291 g/mol. The number of hydrogen-bond acceptors (Lipinski definition) is 2. The van der Waals surface area contributed by atoms with Gasteiger partial charge in [-0.15, -0.1) is 0 Å². The number of rotatable bonds is 4. The van der Waals surface area contributed by atoms with Crippen molar-refractivity contribution in [1.29, 1.82) is 0 Å². The minimum Gasteiger partial charge on any atom is -0.493 e. The smallest absolute Gasteiger partial charge is 0.304 e. The molecule has 1 aromatic carbocycles. The molecule has 0 aliphatic rings. The Bertz CT molecular complexity index is 444. The summed E-state index contributed by atoms with van der Waals surface area (Å²) in [7, 11) is 1.37. The first-order valence-electron chi connectivity index (χ1n) is 5.03. The van der Waals surface area contributed by atoms with Gasteiger partial charge in [0.25, 0.3) is 0 Å². The Kier molecular flexibility index (Phi) is 4.14. The number of methoxy groups -OCH3 is 1. The van der Waals surface area contributed by atoms with Gasteiger partial charge in [-0.1, -0.05) is 29.8 Å². The van der Waals surface area contributed by atoms with Gasteiger partial charge in [0.1, 0.15) is 0 Å². The fourth-order valence-corrected chi connectivity index (χ4v) is 2.17. The maximum Gasteiger partial charge on any atom is 0.304 e. The van der Waals surface area contributed by atoms with Crippen LogP contribution in [0.2, 0.25) is 0 Å². The molecule has 0 unspecified atom stereocenters. The minimum absolute atomic E-state index is 0.0967. The quantitative estimate of drug-likeness (QED) is 0.928. The molecule has 0 atom stereocenters. The second kappa shape index (κ2) is 5.04. The standard InChI is InChI=1S/C12H14BrFO3/c1-12(2,6-10(15)16)8-4-7(13)5-9(14)11(8)17-3/h4-5H,6H2,1-3H3,(H,15,16). The molecule has 0 aromatic heterocycles. The number of ether oxygens (including phenoxy) is 1.